The summed E-state index contributed by atoms with van der Waals surface area (Å²) in [5.41, 5.74) is 6.25. The smallest absolute Gasteiger partial charge is 0.0112 e. The second kappa shape index (κ2) is 9.57. The van der Waals surface area contributed by atoms with Crippen LogP contribution in [0.4, 0.5) is 0 Å². The van der Waals surface area contributed by atoms with Crippen molar-refractivity contribution in [1.82, 2.24) is 0 Å². The van der Waals surface area contributed by atoms with Crippen molar-refractivity contribution in [3.8, 4) is 0 Å². The maximum atomic E-state index is 4.16. The molecule has 0 N–H and O–H groups in total. The maximum absolute atomic E-state index is 4.16. The lowest BCUT2D eigenvalue weighted by Crippen LogP contribution is -2.31. The third kappa shape index (κ3) is 4.80. The summed E-state index contributed by atoms with van der Waals surface area (Å²) in [5.74, 6) is 5.07. The first kappa shape index (κ1) is 24.9. The Kier molecular flexibility index (Phi) is 6.80. The molecule has 0 heteroatoms. The van der Waals surface area contributed by atoms with Gasteiger partial charge >= 0.3 is 0 Å². The number of hydrogen-bond donors (Lipinski definition) is 0. The molecule has 0 aliphatic heterocycles. The van der Waals surface area contributed by atoms with Gasteiger partial charge in [-0.2, -0.15) is 0 Å². The molecule has 5 rings (SSSR count). The van der Waals surface area contributed by atoms with E-state index in [9.17, 15) is 0 Å². The van der Waals surface area contributed by atoms with Gasteiger partial charge < -0.3 is 0 Å². The van der Waals surface area contributed by atoms with Crippen LogP contribution in [0.15, 0.2) is 55.2 Å². The van der Waals surface area contributed by atoms with Crippen molar-refractivity contribution in [1.29, 1.82) is 0 Å². The highest BCUT2D eigenvalue weighted by Crippen LogP contribution is 2.63. The van der Waals surface area contributed by atoms with Gasteiger partial charge in [0.05, 0.1) is 0 Å². The zero-order valence-corrected chi connectivity index (χ0v) is 23.0. The zero-order valence-electron chi connectivity index (χ0n) is 23.0. The summed E-state index contributed by atoms with van der Waals surface area (Å²) in [6.45, 7) is 16.5. The van der Waals surface area contributed by atoms with Crippen molar-refractivity contribution >= 4 is 11.6 Å². The van der Waals surface area contributed by atoms with Crippen LogP contribution >= 0.6 is 0 Å². The molecular weight excluding hydrogens is 420 g/mol. The molecule has 4 aliphatic carbocycles. The van der Waals surface area contributed by atoms with E-state index in [4.69, 9.17) is 0 Å². The summed E-state index contributed by atoms with van der Waals surface area (Å²) >= 11 is 0. The van der Waals surface area contributed by atoms with Gasteiger partial charge in [0.25, 0.3) is 0 Å². The van der Waals surface area contributed by atoms with E-state index in [-0.39, 0.29) is 5.41 Å². The van der Waals surface area contributed by atoms with Crippen molar-refractivity contribution < 1.29 is 0 Å². The summed E-state index contributed by atoms with van der Waals surface area (Å²) in [6, 6.07) is 7.08. The van der Waals surface area contributed by atoms with Crippen LogP contribution in [0.2, 0.25) is 0 Å². The van der Waals surface area contributed by atoms with E-state index in [0.717, 1.165) is 30.1 Å². The van der Waals surface area contributed by atoms with E-state index in [0.29, 0.717) is 17.3 Å². The molecule has 6 atom stereocenters. The molecule has 1 aromatic carbocycles. The fraction of sp³-hybridized carbons (Fsp3) is 0.600. The normalized spacial score (nSPS) is 37.2. The molecule has 3 fully saturated rings. The average molecular weight is 469 g/mol. The van der Waals surface area contributed by atoms with Gasteiger partial charge in [-0.1, -0.05) is 109 Å². The molecule has 0 saturated heterocycles. The van der Waals surface area contributed by atoms with Crippen LogP contribution in [-0.4, -0.2) is 0 Å². The number of rotatable bonds is 2. The summed E-state index contributed by atoms with van der Waals surface area (Å²) in [7, 11) is 0. The molecule has 0 spiro atoms. The predicted molar refractivity (Wildman–Crippen MR) is 153 cm³/mol. The molecule has 2 bridgehead atoms. The molecule has 0 radical (unpaired) electrons. The molecular formula is C35H48. The van der Waals surface area contributed by atoms with E-state index >= 15 is 0 Å². The Morgan fingerprint density at radius 3 is 2.49 bits per heavy atom. The monoisotopic (exact) mass is 468 g/mol. The minimum absolute atomic E-state index is 0.253. The highest BCUT2D eigenvalue weighted by Gasteiger charge is 2.56. The minimum atomic E-state index is 0.253. The second-order valence-corrected chi connectivity index (χ2v) is 13.9. The van der Waals surface area contributed by atoms with E-state index in [1.54, 1.807) is 0 Å². The van der Waals surface area contributed by atoms with Gasteiger partial charge in [0, 0.05) is 0 Å². The fourth-order valence-electron chi connectivity index (χ4n) is 8.54. The van der Waals surface area contributed by atoms with Crippen LogP contribution in [0.1, 0.15) is 96.3 Å². The Morgan fingerprint density at radius 2 is 1.71 bits per heavy atom. The summed E-state index contributed by atoms with van der Waals surface area (Å²) < 4.78 is 0. The largest absolute Gasteiger partial charge is 0.0984 e. The first-order valence-electron chi connectivity index (χ1n) is 14.5. The van der Waals surface area contributed by atoms with Gasteiger partial charge in [0.15, 0.2) is 0 Å². The number of fused-ring (bicyclic) bond motifs is 5. The summed E-state index contributed by atoms with van der Waals surface area (Å²) in [5, 5.41) is 0. The van der Waals surface area contributed by atoms with Crippen LogP contribution in [0.5, 0.6) is 0 Å². The van der Waals surface area contributed by atoms with Crippen LogP contribution < -0.4 is 0 Å². The lowest BCUT2D eigenvalue weighted by Gasteiger charge is -2.39. The first-order valence-corrected chi connectivity index (χ1v) is 14.5. The van der Waals surface area contributed by atoms with Crippen molar-refractivity contribution in [2.75, 3.05) is 0 Å². The quantitative estimate of drug-likeness (QED) is 0.405. The molecule has 0 heterocycles. The highest BCUT2D eigenvalue weighted by molar-refractivity contribution is 5.80. The number of hydrogen-bond acceptors (Lipinski definition) is 0. The highest BCUT2D eigenvalue weighted by atomic mass is 14.6. The Bertz CT molecular complexity index is 1020. The second-order valence-electron chi connectivity index (χ2n) is 13.9. The van der Waals surface area contributed by atoms with Crippen LogP contribution in [0.3, 0.4) is 0 Å². The topological polar surface area (TPSA) is 0 Å². The molecule has 35 heavy (non-hydrogen) atoms. The van der Waals surface area contributed by atoms with E-state index in [1.165, 1.54) is 67.2 Å². The van der Waals surface area contributed by atoms with Gasteiger partial charge in [-0.25, -0.2) is 0 Å². The Morgan fingerprint density at radius 1 is 0.943 bits per heavy atom. The maximum Gasteiger partial charge on any atom is -0.0112 e. The van der Waals surface area contributed by atoms with Gasteiger partial charge in [0.2, 0.25) is 0 Å². The van der Waals surface area contributed by atoms with Gasteiger partial charge in [-0.15, -0.1) is 0 Å². The third-order valence-electron chi connectivity index (χ3n) is 10.6. The van der Waals surface area contributed by atoms with E-state index in [2.05, 4.69) is 89.8 Å². The SMILES string of the molecule is C=Cc1ccc2cc1C(=C/C1CCC3C4CCCC[C@@H]4C(C)(C)[C@@H]3C1)/C=C\C=C\C(C(C)(C)C)C2. The Hall–Kier alpha value is -1.82. The minimum Gasteiger partial charge on any atom is -0.0984 e. The Labute approximate surface area is 215 Å². The first-order chi connectivity index (χ1) is 16.7. The van der Waals surface area contributed by atoms with Crippen molar-refractivity contribution in [2.24, 2.45) is 46.3 Å². The molecule has 3 saturated carbocycles. The molecule has 0 aromatic heterocycles. The van der Waals surface area contributed by atoms with Gasteiger partial charge in [-0.05, 0) is 107 Å². The van der Waals surface area contributed by atoms with Crippen molar-refractivity contribution in [2.45, 2.75) is 86.0 Å². The Balaban J connectivity index is 1.47. The fourth-order valence-corrected chi connectivity index (χ4v) is 8.54. The summed E-state index contributed by atoms with van der Waals surface area (Å²) in [4.78, 5) is 0. The van der Waals surface area contributed by atoms with Crippen LogP contribution in [0.25, 0.3) is 11.6 Å². The molecule has 0 nitrogen and oxygen atoms in total. The van der Waals surface area contributed by atoms with E-state index < -0.39 is 0 Å². The zero-order chi connectivity index (χ0) is 24.8. The van der Waals surface area contributed by atoms with E-state index in [1.807, 2.05) is 6.08 Å². The van der Waals surface area contributed by atoms with Gasteiger partial charge in [0.1, 0.15) is 0 Å². The molecule has 188 valence electrons. The van der Waals surface area contributed by atoms with Crippen molar-refractivity contribution in [3.63, 3.8) is 0 Å². The predicted octanol–water partition coefficient (Wildman–Crippen LogP) is 9.92. The standard InChI is InChI=1S/C35H48/c1-7-26-18-16-25-21-28(34(2,3)4)13-9-8-12-27(31(26)22-25)20-24-17-19-30-29-14-10-11-15-32(29)35(5,6)33(30)23-24/h7-9,12-13,16,18,20,22,24,28-30,32-33H,1,10-11,14-15,17,19,21,23H2,2-6H3/b12-8-,13-9+,27-20+/t24?,28?,29?,30?,32-,33+/m0/s1. The van der Waals surface area contributed by atoms with Gasteiger partial charge in [-0.3, -0.25) is 0 Å². The lowest BCUT2D eigenvalue weighted by atomic mass is 9.66. The average Bonchev–Trinajstić information content (AvgIpc) is 3.06. The molecule has 4 unspecified atom stereocenters. The van der Waals surface area contributed by atoms with Crippen LogP contribution in [-0.2, 0) is 6.42 Å². The third-order valence-corrected chi connectivity index (χ3v) is 10.6. The number of benzene rings is 1. The lowest BCUT2D eigenvalue weighted by molar-refractivity contribution is 0.112. The number of allylic oxidation sites excluding steroid dienone is 6. The summed E-state index contributed by atoms with van der Waals surface area (Å²) in [6.07, 6.45) is 25.3. The molecule has 1 aromatic rings. The molecule has 4 aliphatic rings. The van der Waals surface area contributed by atoms with Crippen molar-refractivity contribution in [3.05, 3.63) is 71.8 Å². The molecule has 0 amide bonds. The van der Waals surface area contributed by atoms with Crippen LogP contribution in [0, 0.1) is 46.3 Å².